The van der Waals surface area contributed by atoms with E-state index in [1.165, 1.54) is 5.01 Å². The van der Waals surface area contributed by atoms with Gasteiger partial charge in [0, 0.05) is 45.2 Å². The van der Waals surface area contributed by atoms with Crippen LogP contribution in [0, 0.1) is 13.8 Å². The molecule has 11 heteroatoms. The Hall–Kier alpha value is -3.14. The zero-order valence-corrected chi connectivity index (χ0v) is 19.4. The quantitative estimate of drug-likeness (QED) is 0.642. The number of hydrazone groups is 1. The van der Waals surface area contributed by atoms with Gasteiger partial charge in [-0.15, -0.1) is 0 Å². The van der Waals surface area contributed by atoms with Gasteiger partial charge in [-0.05, 0) is 37.1 Å². The predicted molar refractivity (Wildman–Crippen MR) is 123 cm³/mol. The van der Waals surface area contributed by atoms with Gasteiger partial charge in [-0.3, -0.25) is 9.59 Å². The van der Waals surface area contributed by atoms with E-state index in [1.54, 1.807) is 9.80 Å². The molecule has 1 saturated heterocycles. The minimum absolute atomic E-state index is 0.0889. The monoisotopic (exact) mass is 493 g/mol. The summed E-state index contributed by atoms with van der Waals surface area (Å²) in [4.78, 5) is 32.9. The predicted octanol–water partition coefficient (Wildman–Crippen LogP) is 4.20. The van der Waals surface area contributed by atoms with Crippen LogP contribution in [0.2, 0.25) is 5.02 Å². The van der Waals surface area contributed by atoms with Gasteiger partial charge in [-0.25, -0.2) is 9.99 Å². The van der Waals surface area contributed by atoms with Crippen molar-refractivity contribution in [1.82, 2.24) is 9.88 Å². The van der Waals surface area contributed by atoms with Gasteiger partial charge >= 0.3 is 6.18 Å². The Kier molecular flexibility index (Phi) is 6.53. The summed E-state index contributed by atoms with van der Waals surface area (Å²) < 4.78 is 38.6. The topological polar surface area (TPSA) is 69.1 Å². The van der Waals surface area contributed by atoms with Gasteiger partial charge in [0.25, 0.3) is 5.91 Å². The van der Waals surface area contributed by atoms with Crippen LogP contribution in [0.1, 0.15) is 29.5 Å². The molecule has 0 saturated carbocycles. The normalized spacial score (nSPS) is 17.2. The van der Waals surface area contributed by atoms with Gasteiger partial charge in [-0.1, -0.05) is 23.7 Å². The first-order chi connectivity index (χ1) is 16.0. The lowest BCUT2D eigenvalue weighted by molar-refractivity contribution is -0.137. The van der Waals surface area contributed by atoms with Gasteiger partial charge in [0.15, 0.2) is 0 Å². The molecule has 0 atom stereocenters. The number of aryl methyl sites for hydroxylation is 2. The summed E-state index contributed by atoms with van der Waals surface area (Å²) in [6.45, 7) is 5.17. The molecule has 0 unspecified atom stereocenters. The highest BCUT2D eigenvalue weighted by molar-refractivity contribution is 6.40. The van der Waals surface area contributed by atoms with Crippen LogP contribution in [-0.4, -0.2) is 53.6 Å². The van der Waals surface area contributed by atoms with Crippen molar-refractivity contribution in [2.24, 2.45) is 5.10 Å². The Morgan fingerprint density at radius 1 is 1.06 bits per heavy atom. The van der Waals surface area contributed by atoms with E-state index in [-0.39, 0.29) is 35.5 Å². The number of hydrogen-bond donors (Lipinski definition) is 0. The second kappa shape index (κ2) is 9.25. The molecule has 180 valence electrons. The molecule has 0 bridgehead atoms. The van der Waals surface area contributed by atoms with E-state index in [0.29, 0.717) is 37.6 Å². The van der Waals surface area contributed by atoms with Gasteiger partial charge in [-0.2, -0.15) is 18.3 Å². The number of hydrogen-bond acceptors (Lipinski definition) is 5. The summed E-state index contributed by atoms with van der Waals surface area (Å²) in [5.74, 6) is -0.171. The number of benzene rings is 1. The Labute approximate surface area is 199 Å². The number of amides is 2. The van der Waals surface area contributed by atoms with E-state index < -0.39 is 11.7 Å². The second-order valence-electron chi connectivity index (χ2n) is 8.35. The average Bonchev–Trinajstić information content (AvgIpc) is 2.80. The smallest absolute Gasteiger partial charge is 0.352 e. The lowest BCUT2D eigenvalue weighted by Gasteiger charge is -2.36. The van der Waals surface area contributed by atoms with Crippen LogP contribution >= 0.6 is 11.6 Å². The maximum absolute atomic E-state index is 13.1. The number of halogens is 4. The third kappa shape index (κ3) is 4.86. The van der Waals surface area contributed by atoms with Crippen molar-refractivity contribution in [3.05, 3.63) is 52.2 Å². The summed E-state index contributed by atoms with van der Waals surface area (Å²) in [5.41, 5.74) is 1.91. The van der Waals surface area contributed by atoms with E-state index in [4.69, 9.17) is 11.6 Å². The third-order valence-electron chi connectivity index (χ3n) is 5.89. The molecule has 0 radical (unpaired) electrons. The zero-order chi connectivity index (χ0) is 24.6. The lowest BCUT2D eigenvalue weighted by atomic mass is 10.1. The van der Waals surface area contributed by atoms with Gasteiger partial charge < -0.3 is 9.80 Å². The van der Waals surface area contributed by atoms with Crippen LogP contribution in [0.5, 0.6) is 0 Å². The molecule has 0 spiro atoms. The molecular weight excluding hydrogens is 471 g/mol. The fraction of sp³-hybridized carbons (Fsp3) is 0.391. The first-order valence-electron chi connectivity index (χ1n) is 10.8. The third-order valence-corrected chi connectivity index (χ3v) is 6.17. The largest absolute Gasteiger partial charge is 0.417 e. The van der Waals surface area contributed by atoms with Crippen molar-refractivity contribution in [3.63, 3.8) is 0 Å². The van der Waals surface area contributed by atoms with Crippen LogP contribution in [0.4, 0.5) is 24.7 Å². The fourth-order valence-electron chi connectivity index (χ4n) is 3.97. The van der Waals surface area contributed by atoms with Crippen LogP contribution in [0.25, 0.3) is 0 Å². The molecule has 4 rings (SSSR count). The zero-order valence-electron chi connectivity index (χ0n) is 18.7. The first-order valence-corrected chi connectivity index (χ1v) is 11.2. The number of aromatic nitrogens is 1. The molecule has 3 heterocycles. The standard InChI is InChI=1S/C23H23ClF3N5O2/c1-14-3-4-15(2)19(11-14)32-20(33)6-5-18(29-32)22(34)31-9-7-30(8-10-31)21-17(24)12-16(13-28-21)23(25,26)27/h3-4,11-13H,5-10H2,1-2H3. The summed E-state index contributed by atoms with van der Waals surface area (Å²) in [6, 6.07) is 6.57. The first kappa shape index (κ1) is 24.0. The minimum atomic E-state index is -4.52. The van der Waals surface area contributed by atoms with E-state index in [2.05, 4.69) is 10.1 Å². The van der Waals surface area contributed by atoms with Crippen LogP contribution in [-0.2, 0) is 15.8 Å². The number of carbonyl (C=O) groups excluding carboxylic acids is 2. The number of piperazine rings is 1. The molecule has 2 amide bonds. The van der Waals surface area contributed by atoms with E-state index >= 15 is 0 Å². The molecular formula is C23H23ClF3N5O2. The Morgan fingerprint density at radius 2 is 1.76 bits per heavy atom. The number of alkyl halides is 3. The molecule has 0 N–H and O–H groups in total. The molecule has 1 fully saturated rings. The van der Waals surface area contributed by atoms with E-state index in [9.17, 15) is 22.8 Å². The van der Waals surface area contributed by atoms with Crippen molar-refractivity contribution in [2.75, 3.05) is 36.1 Å². The molecule has 34 heavy (non-hydrogen) atoms. The molecule has 0 aliphatic carbocycles. The number of anilines is 2. The van der Waals surface area contributed by atoms with Crippen molar-refractivity contribution in [3.8, 4) is 0 Å². The molecule has 2 aliphatic rings. The van der Waals surface area contributed by atoms with Gasteiger partial charge in [0.05, 0.1) is 16.3 Å². The Balaban J connectivity index is 1.46. The highest BCUT2D eigenvalue weighted by Crippen LogP contribution is 2.34. The highest BCUT2D eigenvalue weighted by Gasteiger charge is 2.34. The molecule has 2 aromatic rings. The number of rotatable bonds is 3. The molecule has 1 aromatic carbocycles. The molecule has 7 nitrogen and oxygen atoms in total. The SMILES string of the molecule is Cc1ccc(C)c(N2N=C(C(=O)N3CCN(c4ncc(C(F)(F)F)cc4Cl)CC3)CCC2=O)c1. The summed E-state index contributed by atoms with van der Waals surface area (Å²) >= 11 is 6.06. The highest BCUT2D eigenvalue weighted by atomic mass is 35.5. The Morgan fingerprint density at radius 3 is 2.41 bits per heavy atom. The van der Waals surface area contributed by atoms with Gasteiger partial charge in [0.2, 0.25) is 5.91 Å². The number of carbonyl (C=O) groups is 2. The van der Waals surface area contributed by atoms with Gasteiger partial charge in [0.1, 0.15) is 11.5 Å². The maximum atomic E-state index is 13.1. The summed E-state index contributed by atoms with van der Waals surface area (Å²) in [6.07, 6.45) is -3.32. The van der Waals surface area contributed by atoms with Crippen molar-refractivity contribution < 1.29 is 22.8 Å². The van der Waals surface area contributed by atoms with Crippen LogP contribution < -0.4 is 9.91 Å². The summed E-state index contributed by atoms with van der Waals surface area (Å²) in [7, 11) is 0. The minimum Gasteiger partial charge on any atom is -0.352 e. The lowest BCUT2D eigenvalue weighted by Crippen LogP contribution is -2.51. The van der Waals surface area contributed by atoms with Crippen LogP contribution in [0.15, 0.2) is 35.6 Å². The Bertz CT molecular complexity index is 1160. The van der Waals surface area contributed by atoms with Crippen molar-refractivity contribution >= 4 is 40.6 Å². The second-order valence-corrected chi connectivity index (χ2v) is 8.76. The van der Waals surface area contributed by atoms with E-state index in [0.717, 1.165) is 23.4 Å². The van der Waals surface area contributed by atoms with E-state index in [1.807, 2.05) is 32.0 Å². The number of pyridine rings is 1. The molecule has 1 aromatic heterocycles. The fourth-order valence-corrected chi connectivity index (χ4v) is 4.25. The maximum Gasteiger partial charge on any atom is 0.417 e. The van der Waals surface area contributed by atoms with Crippen molar-refractivity contribution in [2.45, 2.75) is 32.9 Å². The molecule has 2 aliphatic heterocycles. The number of nitrogens with zero attached hydrogens (tertiary/aromatic N) is 5. The van der Waals surface area contributed by atoms with Crippen LogP contribution in [0.3, 0.4) is 0 Å². The van der Waals surface area contributed by atoms with Crippen molar-refractivity contribution in [1.29, 1.82) is 0 Å². The summed E-state index contributed by atoms with van der Waals surface area (Å²) in [5, 5.41) is 5.61. The average molecular weight is 494 g/mol.